The van der Waals surface area contributed by atoms with Crippen LogP contribution in [0.25, 0.3) is 0 Å². The van der Waals surface area contributed by atoms with Crippen LogP contribution < -0.4 is 10.6 Å². The molecule has 0 bridgehead atoms. The van der Waals surface area contributed by atoms with Gasteiger partial charge < -0.3 is 10.6 Å². The standard InChI is InChI=1S/C10H15N3O2S/c11-4-5-12-9(14)10(15)13-7-8-3-1-2-6-16-8/h8H,1-3,5-7H2,(H,12,14)(H,13,15). The number of hydrogen-bond donors (Lipinski definition) is 2. The van der Waals surface area contributed by atoms with E-state index in [4.69, 9.17) is 5.26 Å². The highest BCUT2D eigenvalue weighted by atomic mass is 32.2. The number of carbonyl (C=O) groups excluding carboxylic acids is 2. The quantitative estimate of drug-likeness (QED) is 0.539. The van der Waals surface area contributed by atoms with Crippen molar-refractivity contribution in [2.75, 3.05) is 18.8 Å². The summed E-state index contributed by atoms with van der Waals surface area (Å²) in [6.45, 7) is 0.397. The highest BCUT2D eigenvalue weighted by Crippen LogP contribution is 2.24. The number of nitrogens with one attached hydrogen (secondary N) is 2. The molecule has 0 aromatic carbocycles. The van der Waals surface area contributed by atoms with Crippen LogP contribution in [0, 0.1) is 11.3 Å². The van der Waals surface area contributed by atoms with Gasteiger partial charge in [0.15, 0.2) is 0 Å². The van der Waals surface area contributed by atoms with E-state index in [1.165, 1.54) is 12.8 Å². The fraction of sp³-hybridized carbons (Fsp3) is 0.700. The van der Waals surface area contributed by atoms with Crippen molar-refractivity contribution >= 4 is 23.6 Å². The topological polar surface area (TPSA) is 82.0 Å². The number of thioether (sulfide) groups is 1. The van der Waals surface area contributed by atoms with E-state index in [0.717, 1.165) is 12.2 Å². The molecular weight excluding hydrogens is 226 g/mol. The number of nitriles is 1. The van der Waals surface area contributed by atoms with Crippen LogP contribution in [0.4, 0.5) is 0 Å². The van der Waals surface area contributed by atoms with Gasteiger partial charge >= 0.3 is 11.8 Å². The van der Waals surface area contributed by atoms with Gasteiger partial charge in [0.05, 0.1) is 6.07 Å². The molecule has 16 heavy (non-hydrogen) atoms. The summed E-state index contributed by atoms with van der Waals surface area (Å²) in [5, 5.41) is 13.4. The van der Waals surface area contributed by atoms with Gasteiger partial charge in [-0.3, -0.25) is 9.59 Å². The number of rotatable bonds is 3. The molecule has 1 fully saturated rings. The minimum atomic E-state index is -0.734. The Balaban J connectivity index is 2.18. The average molecular weight is 241 g/mol. The highest BCUT2D eigenvalue weighted by Gasteiger charge is 2.17. The second-order valence-electron chi connectivity index (χ2n) is 3.54. The Labute approximate surface area is 99.0 Å². The fourth-order valence-electron chi connectivity index (χ4n) is 1.46. The monoisotopic (exact) mass is 241 g/mol. The molecule has 2 amide bonds. The van der Waals surface area contributed by atoms with Gasteiger partial charge in [0.25, 0.3) is 0 Å². The maximum atomic E-state index is 11.2. The van der Waals surface area contributed by atoms with Gasteiger partial charge in [-0.15, -0.1) is 0 Å². The predicted molar refractivity (Wildman–Crippen MR) is 61.7 cm³/mol. The lowest BCUT2D eigenvalue weighted by Gasteiger charge is -2.21. The van der Waals surface area contributed by atoms with E-state index in [0.29, 0.717) is 11.8 Å². The average Bonchev–Trinajstić information content (AvgIpc) is 2.34. The van der Waals surface area contributed by atoms with E-state index in [1.54, 1.807) is 6.07 Å². The summed E-state index contributed by atoms with van der Waals surface area (Å²) in [6, 6.07) is 1.74. The highest BCUT2D eigenvalue weighted by molar-refractivity contribution is 7.99. The minimum absolute atomic E-state index is 0.134. The molecule has 0 saturated carbocycles. The third kappa shape index (κ3) is 4.53. The molecule has 0 aliphatic carbocycles. The number of nitrogens with zero attached hydrogens (tertiary/aromatic N) is 1. The van der Waals surface area contributed by atoms with Crippen LogP contribution in [0.15, 0.2) is 0 Å². The molecule has 1 heterocycles. The largest absolute Gasteiger partial charge is 0.347 e. The molecule has 1 aliphatic heterocycles. The third-order valence-electron chi connectivity index (χ3n) is 2.30. The van der Waals surface area contributed by atoms with Gasteiger partial charge in [-0.25, -0.2) is 0 Å². The van der Waals surface area contributed by atoms with Gasteiger partial charge in [-0.05, 0) is 18.6 Å². The van der Waals surface area contributed by atoms with Crippen molar-refractivity contribution in [2.45, 2.75) is 24.5 Å². The lowest BCUT2D eigenvalue weighted by atomic mass is 10.2. The lowest BCUT2D eigenvalue weighted by Crippen LogP contribution is -2.42. The summed E-state index contributed by atoms with van der Waals surface area (Å²) in [5.74, 6) is -0.259. The second kappa shape index (κ2) is 7.12. The Morgan fingerprint density at radius 3 is 2.69 bits per heavy atom. The molecule has 0 spiro atoms. The fourth-order valence-corrected chi connectivity index (χ4v) is 2.69. The van der Waals surface area contributed by atoms with Crippen LogP contribution in [-0.2, 0) is 9.59 Å². The van der Waals surface area contributed by atoms with Crippen LogP contribution in [0.5, 0.6) is 0 Å². The smallest absolute Gasteiger partial charge is 0.310 e. The van der Waals surface area contributed by atoms with E-state index in [1.807, 2.05) is 11.8 Å². The summed E-state index contributed by atoms with van der Waals surface area (Å²) in [7, 11) is 0. The minimum Gasteiger partial charge on any atom is -0.347 e. The molecule has 0 aromatic rings. The van der Waals surface area contributed by atoms with Crippen LogP contribution >= 0.6 is 11.8 Å². The van der Waals surface area contributed by atoms with Gasteiger partial charge in [0, 0.05) is 11.8 Å². The summed E-state index contributed by atoms with van der Waals surface area (Å²) in [4.78, 5) is 22.3. The molecule has 2 N–H and O–H groups in total. The normalized spacial score (nSPS) is 19.6. The molecule has 1 aliphatic rings. The Kier molecular flexibility index (Phi) is 5.72. The van der Waals surface area contributed by atoms with Crippen LogP contribution in [0.3, 0.4) is 0 Å². The maximum Gasteiger partial charge on any atom is 0.310 e. The number of amides is 2. The first-order valence-corrected chi connectivity index (χ1v) is 6.33. The number of carbonyl (C=O) groups is 2. The van der Waals surface area contributed by atoms with Crippen molar-refractivity contribution in [3.8, 4) is 6.07 Å². The van der Waals surface area contributed by atoms with Crippen molar-refractivity contribution < 1.29 is 9.59 Å². The van der Waals surface area contributed by atoms with Crippen LogP contribution in [0.2, 0.25) is 0 Å². The second-order valence-corrected chi connectivity index (χ2v) is 4.95. The molecule has 1 saturated heterocycles. The molecule has 88 valence electrons. The first-order chi connectivity index (χ1) is 7.74. The summed E-state index contributed by atoms with van der Waals surface area (Å²) < 4.78 is 0. The van der Waals surface area contributed by atoms with E-state index in [2.05, 4.69) is 10.6 Å². The molecule has 1 rings (SSSR count). The zero-order valence-corrected chi connectivity index (χ0v) is 9.81. The van der Waals surface area contributed by atoms with Gasteiger partial charge in [0.1, 0.15) is 6.54 Å². The molecule has 0 radical (unpaired) electrons. The summed E-state index contributed by atoms with van der Waals surface area (Å²) in [5.41, 5.74) is 0. The molecular formula is C10H15N3O2S. The van der Waals surface area contributed by atoms with Crippen LogP contribution in [-0.4, -0.2) is 35.9 Å². The number of hydrogen-bond acceptors (Lipinski definition) is 4. The zero-order valence-electron chi connectivity index (χ0n) is 8.99. The first kappa shape index (κ1) is 12.8. The molecule has 1 atom stereocenters. The molecule has 5 nitrogen and oxygen atoms in total. The maximum absolute atomic E-state index is 11.2. The first-order valence-electron chi connectivity index (χ1n) is 5.28. The SMILES string of the molecule is N#CCNC(=O)C(=O)NCC1CCCCS1. The van der Waals surface area contributed by atoms with E-state index < -0.39 is 11.8 Å². The predicted octanol–water partition coefficient (Wildman–Crippen LogP) is 0.0281. The van der Waals surface area contributed by atoms with E-state index in [-0.39, 0.29) is 6.54 Å². The van der Waals surface area contributed by atoms with Crippen molar-refractivity contribution in [1.82, 2.24) is 10.6 Å². The lowest BCUT2D eigenvalue weighted by molar-refractivity contribution is -0.139. The summed E-state index contributed by atoms with van der Waals surface area (Å²) >= 11 is 1.84. The third-order valence-corrected chi connectivity index (χ3v) is 3.70. The van der Waals surface area contributed by atoms with Gasteiger partial charge in [-0.2, -0.15) is 17.0 Å². The van der Waals surface area contributed by atoms with Crippen molar-refractivity contribution in [1.29, 1.82) is 5.26 Å². The van der Waals surface area contributed by atoms with Gasteiger partial charge in [0.2, 0.25) is 0 Å². The van der Waals surface area contributed by atoms with Crippen molar-refractivity contribution in [3.05, 3.63) is 0 Å². The summed E-state index contributed by atoms with van der Waals surface area (Å²) in [6.07, 6.45) is 3.51. The van der Waals surface area contributed by atoms with E-state index in [9.17, 15) is 9.59 Å². The Morgan fingerprint density at radius 1 is 1.31 bits per heavy atom. The van der Waals surface area contributed by atoms with E-state index >= 15 is 0 Å². The zero-order chi connectivity index (χ0) is 11.8. The Morgan fingerprint density at radius 2 is 2.06 bits per heavy atom. The van der Waals surface area contributed by atoms with Crippen molar-refractivity contribution in [2.24, 2.45) is 0 Å². The molecule has 6 heteroatoms. The van der Waals surface area contributed by atoms with Gasteiger partial charge in [-0.1, -0.05) is 6.42 Å². The Hall–Kier alpha value is -1.22. The molecule has 0 aromatic heterocycles. The van der Waals surface area contributed by atoms with Crippen LogP contribution in [0.1, 0.15) is 19.3 Å². The molecule has 1 unspecified atom stereocenters. The Bertz CT molecular complexity index is 295. The van der Waals surface area contributed by atoms with Crippen molar-refractivity contribution in [3.63, 3.8) is 0 Å².